The normalized spacial score (nSPS) is 31.8. The Hall–Kier alpha value is -0.820. The molecular formula is C14H22F3NO3. The van der Waals surface area contributed by atoms with E-state index in [1.165, 1.54) is 7.11 Å². The lowest BCUT2D eigenvalue weighted by Crippen LogP contribution is -2.58. The van der Waals surface area contributed by atoms with Crippen LogP contribution in [0.4, 0.5) is 13.2 Å². The van der Waals surface area contributed by atoms with E-state index in [-0.39, 0.29) is 12.5 Å². The predicted octanol–water partition coefficient (Wildman–Crippen LogP) is 2.56. The Bertz CT molecular complexity index is 384. The maximum atomic E-state index is 12.6. The van der Waals surface area contributed by atoms with Crippen molar-refractivity contribution in [1.29, 1.82) is 0 Å². The third kappa shape index (κ3) is 4.10. The lowest BCUT2D eigenvalue weighted by atomic mass is 9.79. The van der Waals surface area contributed by atoms with Crippen LogP contribution in [0.5, 0.6) is 0 Å². The highest BCUT2D eigenvalue weighted by Crippen LogP contribution is 2.36. The Morgan fingerprint density at radius 3 is 2.52 bits per heavy atom. The molecule has 0 radical (unpaired) electrons. The molecule has 3 unspecified atom stereocenters. The van der Waals surface area contributed by atoms with E-state index in [4.69, 9.17) is 9.47 Å². The standard InChI is InChI=1S/C14H22F3NO3/c1-9(14(15,16)17)21-11-4-3-7-13(8-11,12(19)20-2)18-10-5-6-10/h9-11,18H,3-8H2,1-2H3. The SMILES string of the molecule is COC(=O)C1(NC2CC2)CCCC(OC(C)C(F)(F)F)C1. The van der Waals surface area contributed by atoms with E-state index >= 15 is 0 Å². The fourth-order valence-corrected chi connectivity index (χ4v) is 2.90. The van der Waals surface area contributed by atoms with Crippen molar-refractivity contribution in [2.75, 3.05) is 7.11 Å². The summed E-state index contributed by atoms with van der Waals surface area (Å²) in [6.45, 7) is 1.00. The zero-order valence-electron chi connectivity index (χ0n) is 12.3. The number of carbonyl (C=O) groups excluding carboxylic acids is 1. The Labute approximate surface area is 122 Å². The molecule has 2 saturated carbocycles. The lowest BCUT2D eigenvalue weighted by Gasteiger charge is -2.40. The molecule has 0 heterocycles. The Morgan fingerprint density at radius 2 is 2.00 bits per heavy atom. The van der Waals surface area contributed by atoms with E-state index < -0.39 is 29.9 Å². The maximum absolute atomic E-state index is 12.6. The van der Waals surface area contributed by atoms with Crippen molar-refractivity contribution >= 4 is 5.97 Å². The monoisotopic (exact) mass is 309 g/mol. The van der Waals surface area contributed by atoms with Crippen LogP contribution in [0.25, 0.3) is 0 Å². The van der Waals surface area contributed by atoms with E-state index in [9.17, 15) is 18.0 Å². The largest absolute Gasteiger partial charge is 0.468 e. The summed E-state index contributed by atoms with van der Waals surface area (Å²) in [5.41, 5.74) is -0.899. The van der Waals surface area contributed by atoms with Crippen molar-refractivity contribution in [2.24, 2.45) is 0 Å². The van der Waals surface area contributed by atoms with Crippen LogP contribution in [0.2, 0.25) is 0 Å². The number of carbonyl (C=O) groups is 1. The molecule has 0 aromatic rings. The lowest BCUT2D eigenvalue weighted by molar-refractivity contribution is -0.231. The molecule has 21 heavy (non-hydrogen) atoms. The van der Waals surface area contributed by atoms with Crippen LogP contribution in [0, 0.1) is 0 Å². The van der Waals surface area contributed by atoms with Gasteiger partial charge in [-0.3, -0.25) is 10.1 Å². The molecule has 3 atom stereocenters. The average Bonchev–Trinajstić information content (AvgIpc) is 3.20. The zero-order chi connectivity index (χ0) is 15.7. The summed E-state index contributed by atoms with van der Waals surface area (Å²) in [5, 5.41) is 3.26. The minimum absolute atomic E-state index is 0.233. The minimum atomic E-state index is -4.38. The molecule has 0 saturated heterocycles. The molecule has 0 amide bonds. The average molecular weight is 309 g/mol. The molecule has 0 aromatic heterocycles. The van der Waals surface area contributed by atoms with E-state index in [1.807, 2.05) is 0 Å². The number of hydrogen-bond donors (Lipinski definition) is 1. The van der Waals surface area contributed by atoms with Gasteiger partial charge in [-0.15, -0.1) is 0 Å². The molecule has 2 rings (SSSR count). The number of ether oxygens (including phenoxy) is 2. The van der Waals surface area contributed by atoms with Gasteiger partial charge in [0, 0.05) is 12.5 Å². The summed E-state index contributed by atoms with van der Waals surface area (Å²) in [6, 6.07) is 0.267. The van der Waals surface area contributed by atoms with Crippen LogP contribution in [0.3, 0.4) is 0 Å². The number of esters is 1. The first-order chi connectivity index (χ1) is 9.77. The molecule has 0 aromatic carbocycles. The van der Waals surface area contributed by atoms with Gasteiger partial charge in [-0.1, -0.05) is 0 Å². The van der Waals surface area contributed by atoms with Gasteiger partial charge in [0.15, 0.2) is 6.10 Å². The Morgan fingerprint density at radius 1 is 1.33 bits per heavy atom. The fourth-order valence-electron chi connectivity index (χ4n) is 2.90. The first kappa shape index (κ1) is 16.5. The first-order valence-electron chi connectivity index (χ1n) is 7.35. The van der Waals surface area contributed by atoms with Crippen molar-refractivity contribution in [3.05, 3.63) is 0 Å². The first-order valence-corrected chi connectivity index (χ1v) is 7.35. The van der Waals surface area contributed by atoms with Gasteiger partial charge in [-0.2, -0.15) is 13.2 Å². The van der Waals surface area contributed by atoms with Gasteiger partial charge < -0.3 is 9.47 Å². The summed E-state index contributed by atoms with van der Waals surface area (Å²) >= 11 is 0. The third-order valence-electron chi connectivity index (χ3n) is 4.20. The summed E-state index contributed by atoms with van der Waals surface area (Å²) in [5.74, 6) is -0.401. The topological polar surface area (TPSA) is 47.6 Å². The molecule has 0 bridgehead atoms. The van der Waals surface area contributed by atoms with Crippen molar-refractivity contribution in [2.45, 2.75) is 75.4 Å². The van der Waals surface area contributed by atoms with E-state index in [0.29, 0.717) is 19.3 Å². The highest BCUT2D eigenvalue weighted by Gasteiger charge is 2.48. The van der Waals surface area contributed by atoms with Gasteiger partial charge in [0.1, 0.15) is 5.54 Å². The summed E-state index contributed by atoms with van der Waals surface area (Å²) in [6.07, 6.45) is -2.82. The molecule has 122 valence electrons. The van der Waals surface area contributed by atoms with E-state index in [2.05, 4.69) is 5.32 Å². The van der Waals surface area contributed by atoms with Gasteiger partial charge in [0.2, 0.25) is 0 Å². The number of rotatable bonds is 5. The second-order valence-corrected chi connectivity index (χ2v) is 6.03. The predicted molar refractivity (Wildman–Crippen MR) is 69.8 cm³/mol. The molecule has 7 heteroatoms. The van der Waals surface area contributed by atoms with Crippen LogP contribution >= 0.6 is 0 Å². The van der Waals surface area contributed by atoms with Crippen molar-refractivity contribution in [1.82, 2.24) is 5.32 Å². The number of methoxy groups -OCH3 is 1. The summed E-state index contributed by atoms with van der Waals surface area (Å²) < 4.78 is 47.8. The van der Waals surface area contributed by atoms with Crippen LogP contribution in [-0.2, 0) is 14.3 Å². The maximum Gasteiger partial charge on any atom is 0.414 e. The summed E-state index contributed by atoms with van der Waals surface area (Å²) in [7, 11) is 1.31. The van der Waals surface area contributed by atoms with Crippen molar-refractivity contribution in [3.63, 3.8) is 0 Å². The van der Waals surface area contributed by atoms with Crippen molar-refractivity contribution in [3.8, 4) is 0 Å². The molecule has 1 N–H and O–H groups in total. The number of halogens is 3. The summed E-state index contributed by atoms with van der Waals surface area (Å²) in [4.78, 5) is 12.1. The molecule has 2 fully saturated rings. The van der Waals surface area contributed by atoms with E-state index in [0.717, 1.165) is 19.8 Å². The molecule has 4 nitrogen and oxygen atoms in total. The third-order valence-corrected chi connectivity index (χ3v) is 4.20. The highest BCUT2D eigenvalue weighted by molar-refractivity contribution is 5.81. The van der Waals surface area contributed by atoms with Gasteiger partial charge >= 0.3 is 12.1 Å². The molecule has 0 aliphatic heterocycles. The minimum Gasteiger partial charge on any atom is -0.468 e. The smallest absolute Gasteiger partial charge is 0.414 e. The zero-order valence-corrected chi connectivity index (χ0v) is 12.3. The Balaban J connectivity index is 2.03. The van der Waals surface area contributed by atoms with Gasteiger partial charge in [0.25, 0.3) is 0 Å². The second kappa shape index (κ2) is 6.12. The fraction of sp³-hybridized carbons (Fsp3) is 0.929. The molecule has 2 aliphatic rings. The highest BCUT2D eigenvalue weighted by atomic mass is 19.4. The molecular weight excluding hydrogens is 287 g/mol. The van der Waals surface area contributed by atoms with Crippen LogP contribution in [0.1, 0.15) is 45.4 Å². The number of alkyl halides is 3. The van der Waals surface area contributed by atoms with Crippen LogP contribution in [0.15, 0.2) is 0 Å². The quantitative estimate of drug-likeness (QED) is 0.793. The second-order valence-electron chi connectivity index (χ2n) is 6.03. The van der Waals surface area contributed by atoms with Crippen LogP contribution in [-0.4, -0.2) is 43.0 Å². The number of hydrogen-bond acceptors (Lipinski definition) is 4. The van der Waals surface area contributed by atoms with E-state index in [1.54, 1.807) is 0 Å². The van der Waals surface area contributed by atoms with Gasteiger partial charge in [-0.25, -0.2) is 0 Å². The molecule has 2 aliphatic carbocycles. The molecule has 0 spiro atoms. The van der Waals surface area contributed by atoms with Crippen molar-refractivity contribution < 1.29 is 27.4 Å². The Kier molecular flexibility index (Phi) is 4.82. The van der Waals surface area contributed by atoms with Gasteiger partial charge in [-0.05, 0) is 39.0 Å². The van der Waals surface area contributed by atoms with Crippen LogP contribution < -0.4 is 5.32 Å². The van der Waals surface area contributed by atoms with Gasteiger partial charge in [0.05, 0.1) is 13.2 Å². The number of nitrogens with one attached hydrogen (secondary N) is 1.